The van der Waals surface area contributed by atoms with Gasteiger partial charge < -0.3 is 19.4 Å². The fourth-order valence-corrected chi connectivity index (χ4v) is 0.818. The number of aliphatic carboxylic acids is 1. The average molecular weight is 176 g/mol. The molecule has 12 heavy (non-hydrogen) atoms. The van der Waals surface area contributed by atoms with Gasteiger partial charge in [-0.1, -0.05) is 0 Å². The number of carbonyl (C=O) groups excluding carboxylic acids is 1. The van der Waals surface area contributed by atoms with Crippen molar-refractivity contribution in [2.45, 2.75) is 18.6 Å². The SMILES string of the molecule is COC(CCC=O)(OC)C(=O)O. The highest BCUT2D eigenvalue weighted by molar-refractivity contribution is 5.76. The molecule has 0 heterocycles. The number of rotatable bonds is 6. The van der Waals surface area contributed by atoms with Crippen molar-refractivity contribution >= 4 is 12.3 Å². The van der Waals surface area contributed by atoms with E-state index < -0.39 is 11.8 Å². The van der Waals surface area contributed by atoms with E-state index in [0.29, 0.717) is 6.29 Å². The number of hydrogen-bond acceptors (Lipinski definition) is 4. The third-order valence-electron chi connectivity index (χ3n) is 1.58. The van der Waals surface area contributed by atoms with E-state index in [4.69, 9.17) is 5.11 Å². The lowest BCUT2D eigenvalue weighted by molar-refractivity contribution is -0.227. The lowest BCUT2D eigenvalue weighted by Gasteiger charge is -2.24. The minimum Gasteiger partial charge on any atom is -0.477 e. The zero-order chi connectivity index (χ0) is 9.61. The minimum absolute atomic E-state index is 0.0127. The molecule has 0 radical (unpaired) electrons. The summed E-state index contributed by atoms with van der Waals surface area (Å²) in [4.78, 5) is 20.6. The Hall–Kier alpha value is -0.940. The molecule has 0 aliphatic rings. The first-order valence-electron chi connectivity index (χ1n) is 3.40. The fourth-order valence-electron chi connectivity index (χ4n) is 0.818. The molecule has 0 spiro atoms. The molecule has 0 aromatic rings. The number of hydrogen-bond donors (Lipinski definition) is 1. The first-order chi connectivity index (χ1) is 5.63. The highest BCUT2D eigenvalue weighted by Crippen LogP contribution is 2.17. The van der Waals surface area contributed by atoms with E-state index in [9.17, 15) is 9.59 Å². The van der Waals surface area contributed by atoms with Gasteiger partial charge in [-0.15, -0.1) is 0 Å². The summed E-state index contributed by atoms with van der Waals surface area (Å²) in [5.41, 5.74) is 0. The minimum atomic E-state index is -1.68. The average Bonchev–Trinajstić information content (AvgIpc) is 2.07. The lowest BCUT2D eigenvalue weighted by Crippen LogP contribution is -2.42. The van der Waals surface area contributed by atoms with Crippen LogP contribution in [-0.4, -0.2) is 37.4 Å². The Balaban J connectivity index is 4.34. The van der Waals surface area contributed by atoms with E-state index in [0.717, 1.165) is 0 Å². The van der Waals surface area contributed by atoms with Crippen molar-refractivity contribution in [1.82, 2.24) is 0 Å². The van der Waals surface area contributed by atoms with E-state index in [1.165, 1.54) is 14.2 Å². The molecule has 0 aliphatic heterocycles. The van der Waals surface area contributed by atoms with Crippen LogP contribution in [0.4, 0.5) is 0 Å². The molecular weight excluding hydrogens is 164 g/mol. The van der Waals surface area contributed by atoms with Crippen LogP contribution in [0.3, 0.4) is 0 Å². The predicted molar refractivity (Wildman–Crippen MR) is 39.7 cm³/mol. The summed E-state index contributed by atoms with van der Waals surface area (Å²) in [6, 6.07) is 0. The first-order valence-corrected chi connectivity index (χ1v) is 3.40. The Morgan fingerprint density at radius 3 is 2.25 bits per heavy atom. The monoisotopic (exact) mass is 176 g/mol. The molecule has 0 fully saturated rings. The number of carbonyl (C=O) groups is 2. The van der Waals surface area contributed by atoms with Gasteiger partial charge in [0, 0.05) is 27.1 Å². The van der Waals surface area contributed by atoms with Gasteiger partial charge in [-0.25, -0.2) is 4.79 Å². The Bertz CT molecular complexity index is 161. The maximum absolute atomic E-state index is 10.6. The number of aldehydes is 1. The van der Waals surface area contributed by atoms with E-state index in [2.05, 4.69) is 9.47 Å². The van der Waals surface area contributed by atoms with Crippen molar-refractivity contribution in [1.29, 1.82) is 0 Å². The van der Waals surface area contributed by atoms with Crippen LogP contribution in [0.5, 0.6) is 0 Å². The van der Waals surface area contributed by atoms with Gasteiger partial charge in [0.25, 0.3) is 5.79 Å². The maximum atomic E-state index is 10.6. The van der Waals surface area contributed by atoms with Crippen molar-refractivity contribution < 1.29 is 24.2 Å². The summed E-state index contributed by atoms with van der Waals surface area (Å²) >= 11 is 0. The topological polar surface area (TPSA) is 72.8 Å². The molecule has 0 amide bonds. The number of methoxy groups -OCH3 is 2. The van der Waals surface area contributed by atoms with Gasteiger partial charge in [0.05, 0.1) is 0 Å². The third kappa shape index (κ3) is 2.28. The van der Waals surface area contributed by atoms with Crippen LogP contribution in [-0.2, 0) is 19.1 Å². The molecule has 0 aromatic carbocycles. The Labute approximate surface area is 70.3 Å². The Kier molecular flexibility index (Phi) is 4.46. The summed E-state index contributed by atoms with van der Waals surface area (Å²) in [5.74, 6) is -2.91. The molecule has 0 unspecified atom stereocenters. The molecule has 0 saturated heterocycles. The van der Waals surface area contributed by atoms with Crippen molar-refractivity contribution in [2.75, 3.05) is 14.2 Å². The molecule has 0 aromatic heterocycles. The zero-order valence-electron chi connectivity index (χ0n) is 7.07. The fraction of sp³-hybridized carbons (Fsp3) is 0.714. The molecule has 0 atom stereocenters. The van der Waals surface area contributed by atoms with Gasteiger partial charge in [0.1, 0.15) is 6.29 Å². The summed E-state index contributed by atoms with van der Waals surface area (Å²) in [6.45, 7) is 0. The highest BCUT2D eigenvalue weighted by Gasteiger charge is 2.38. The Morgan fingerprint density at radius 2 is 2.00 bits per heavy atom. The van der Waals surface area contributed by atoms with Crippen LogP contribution < -0.4 is 0 Å². The predicted octanol–water partition coefficient (Wildman–Crippen LogP) is 0.0392. The molecule has 0 aliphatic carbocycles. The van der Waals surface area contributed by atoms with Crippen LogP contribution in [0.15, 0.2) is 0 Å². The standard InChI is InChI=1S/C7H12O5/c1-11-7(12-2,6(9)10)4-3-5-8/h5H,3-4H2,1-2H3,(H,9,10). The highest BCUT2D eigenvalue weighted by atomic mass is 16.7. The molecule has 0 bridgehead atoms. The van der Waals surface area contributed by atoms with E-state index in [-0.39, 0.29) is 12.8 Å². The van der Waals surface area contributed by atoms with Gasteiger partial charge >= 0.3 is 5.97 Å². The first kappa shape index (κ1) is 11.1. The van der Waals surface area contributed by atoms with Crippen molar-refractivity contribution in [2.24, 2.45) is 0 Å². The van der Waals surface area contributed by atoms with Crippen LogP contribution >= 0.6 is 0 Å². The molecule has 0 saturated carbocycles. The number of carboxylic acid groups (broad SMARTS) is 1. The Morgan fingerprint density at radius 1 is 1.50 bits per heavy atom. The van der Waals surface area contributed by atoms with Crippen LogP contribution in [0.25, 0.3) is 0 Å². The van der Waals surface area contributed by atoms with Gasteiger partial charge in [0.2, 0.25) is 0 Å². The molecular formula is C7H12O5. The quantitative estimate of drug-likeness (QED) is 0.457. The van der Waals surface area contributed by atoms with Gasteiger partial charge in [-0.3, -0.25) is 0 Å². The second-order valence-corrected chi connectivity index (χ2v) is 2.17. The van der Waals surface area contributed by atoms with Crippen LogP contribution in [0, 0.1) is 0 Å². The van der Waals surface area contributed by atoms with Gasteiger partial charge in [0.15, 0.2) is 0 Å². The number of ether oxygens (including phenoxy) is 2. The third-order valence-corrected chi connectivity index (χ3v) is 1.58. The van der Waals surface area contributed by atoms with Gasteiger partial charge in [-0.2, -0.15) is 0 Å². The largest absolute Gasteiger partial charge is 0.477 e. The van der Waals surface area contributed by atoms with Crippen molar-refractivity contribution in [3.63, 3.8) is 0 Å². The summed E-state index contributed by atoms with van der Waals surface area (Å²) in [6.07, 6.45) is 0.725. The molecule has 5 heteroatoms. The molecule has 1 N–H and O–H groups in total. The zero-order valence-corrected chi connectivity index (χ0v) is 7.07. The normalized spacial score (nSPS) is 11.2. The maximum Gasteiger partial charge on any atom is 0.364 e. The smallest absolute Gasteiger partial charge is 0.364 e. The van der Waals surface area contributed by atoms with Crippen molar-refractivity contribution in [3.05, 3.63) is 0 Å². The molecule has 5 nitrogen and oxygen atoms in total. The lowest BCUT2D eigenvalue weighted by atomic mass is 10.1. The summed E-state index contributed by atoms with van der Waals surface area (Å²) < 4.78 is 9.34. The summed E-state index contributed by atoms with van der Waals surface area (Å²) in [7, 11) is 2.45. The number of carboxylic acids is 1. The molecule has 0 rings (SSSR count). The van der Waals surface area contributed by atoms with Gasteiger partial charge in [-0.05, 0) is 0 Å². The summed E-state index contributed by atoms with van der Waals surface area (Å²) in [5, 5.41) is 8.68. The van der Waals surface area contributed by atoms with Crippen LogP contribution in [0.1, 0.15) is 12.8 Å². The van der Waals surface area contributed by atoms with E-state index >= 15 is 0 Å². The van der Waals surface area contributed by atoms with E-state index in [1.807, 2.05) is 0 Å². The van der Waals surface area contributed by atoms with Crippen LogP contribution in [0.2, 0.25) is 0 Å². The van der Waals surface area contributed by atoms with E-state index in [1.54, 1.807) is 0 Å². The second kappa shape index (κ2) is 4.84. The van der Waals surface area contributed by atoms with Crippen molar-refractivity contribution in [3.8, 4) is 0 Å². The second-order valence-electron chi connectivity index (χ2n) is 2.17. The molecule has 70 valence electrons.